The lowest BCUT2D eigenvalue weighted by atomic mass is 9.93. The maximum absolute atomic E-state index is 6.23. The van der Waals surface area contributed by atoms with E-state index in [9.17, 15) is 0 Å². The largest absolute Gasteiger partial charge is 0.326 e. The third-order valence-corrected chi connectivity index (χ3v) is 4.13. The average Bonchev–Trinajstić information content (AvgIpc) is 2.34. The smallest absolute Gasteiger partial charge is 0.0496 e. The molecule has 1 saturated heterocycles. The standard InChI is InChI=1S/C16H26N2/c1-12-4-6-15(7-5-12)16(14(3)17)18-10-8-13(2)9-11-18/h4-7,13-14,16H,8-11,17H2,1-3H3. The summed E-state index contributed by atoms with van der Waals surface area (Å²) in [5, 5.41) is 0. The van der Waals surface area contributed by atoms with Crippen molar-refractivity contribution in [3.05, 3.63) is 35.4 Å². The third kappa shape index (κ3) is 3.12. The van der Waals surface area contributed by atoms with Crippen molar-refractivity contribution in [1.82, 2.24) is 4.90 Å². The van der Waals surface area contributed by atoms with Gasteiger partial charge in [-0.1, -0.05) is 36.8 Å². The zero-order chi connectivity index (χ0) is 13.1. The second-order valence-electron chi connectivity index (χ2n) is 5.93. The summed E-state index contributed by atoms with van der Waals surface area (Å²) in [6.07, 6.45) is 2.60. The van der Waals surface area contributed by atoms with Crippen LogP contribution in [0.4, 0.5) is 0 Å². The molecule has 2 rings (SSSR count). The summed E-state index contributed by atoms with van der Waals surface area (Å²) in [5.41, 5.74) is 8.91. The molecule has 0 spiro atoms. The molecule has 0 radical (unpaired) electrons. The number of rotatable bonds is 3. The minimum atomic E-state index is 0.182. The average molecular weight is 246 g/mol. The highest BCUT2D eigenvalue weighted by Crippen LogP contribution is 2.28. The zero-order valence-corrected chi connectivity index (χ0v) is 11.9. The van der Waals surface area contributed by atoms with Crippen LogP contribution in [0.5, 0.6) is 0 Å². The summed E-state index contributed by atoms with van der Waals surface area (Å²) in [5.74, 6) is 0.869. The van der Waals surface area contributed by atoms with E-state index in [0.29, 0.717) is 6.04 Å². The molecule has 2 unspecified atom stereocenters. The Hall–Kier alpha value is -0.860. The number of likely N-dealkylation sites (tertiary alicyclic amines) is 1. The minimum absolute atomic E-state index is 0.182. The van der Waals surface area contributed by atoms with Crippen LogP contribution in [0.1, 0.15) is 43.9 Å². The first-order valence-corrected chi connectivity index (χ1v) is 7.14. The molecule has 0 amide bonds. The molecule has 0 aromatic heterocycles. The molecule has 0 saturated carbocycles. The molecule has 0 bridgehead atoms. The van der Waals surface area contributed by atoms with Crippen LogP contribution in [0.2, 0.25) is 0 Å². The molecule has 2 heteroatoms. The first kappa shape index (κ1) is 13.6. The van der Waals surface area contributed by atoms with Crippen LogP contribution in [0.25, 0.3) is 0 Å². The summed E-state index contributed by atoms with van der Waals surface area (Å²) in [6, 6.07) is 9.41. The van der Waals surface area contributed by atoms with Gasteiger partial charge in [0.05, 0.1) is 0 Å². The molecular formula is C16H26N2. The van der Waals surface area contributed by atoms with Gasteiger partial charge >= 0.3 is 0 Å². The van der Waals surface area contributed by atoms with Crippen LogP contribution in [-0.4, -0.2) is 24.0 Å². The Morgan fingerprint density at radius 3 is 2.22 bits per heavy atom. The molecule has 1 heterocycles. The Morgan fingerprint density at radius 2 is 1.72 bits per heavy atom. The van der Waals surface area contributed by atoms with Crippen molar-refractivity contribution in [2.24, 2.45) is 11.7 Å². The van der Waals surface area contributed by atoms with E-state index in [-0.39, 0.29) is 6.04 Å². The van der Waals surface area contributed by atoms with Crippen LogP contribution >= 0.6 is 0 Å². The van der Waals surface area contributed by atoms with Gasteiger partial charge in [0.15, 0.2) is 0 Å². The fourth-order valence-corrected chi connectivity index (χ4v) is 2.92. The van der Waals surface area contributed by atoms with E-state index in [2.05, 4.69) is 49.9 Å². The van der Waals surface area contributed by atoms with Gasteiger partial charge in [-0.2, -0.15) is 0 Å². The Bertz CT molecular complexity index is 361. The van der Waals surface area contributed by atoms with Crippen molar-refractivity contribution >= 4 is 0 Å². The van der Waals surface area contributed by atoms with Gasteiger partial charge < -0.3 is 5.73 Å². The Kier molecular flexibility index (Phi) is 4.41. The molecular weight excluding hydrogens is 220 g/mol. The van der Waals surface area contributed by atoms with E-state index in [0.717, 1.165) is 5.92 Å². The molecule has 2 nitrogen and oxygen atoms in total. The Balaban J connectivity index is 2.15. The van der Waals surface area contributed by atoms with Gasteiger partial charge in [-0.3, -0.25) is 4.90 Å². The molecule has 1 aliphatic rings. The number of hydrogen-bond donors (Lipinski definition) is 1. The summed E-state index contributed by atoms with van der Waals surface area (Å²) < 4.78 is 0. The molecule has 0 aliphatic carbocycles. The normalized spacial score (nSPS) is 21.8. The van der Waals surface area contributed by atoms with Gasteiger partial charge in [0.25, 0.3) is 0 Å². The summed E-state index contributed by atoms with van der Waals surface area (Å²) >= 11 is 0. The number of aryl methyl sites for hydroxylation is 1. The highest BCUT2D eigenvalue weighted by atomic mass is 15.2. The fraction of sp³-hybridized carbons (Fsp3) is 0.625. The molecule has 1 aromatic carbocycles. The number of nitrogens with zero attached hydrogens (tertiary/aromatic N) is 1. The van der Waals surface area contributed by atoms with Gasteiger partial charge in [0.1, 0.15) is 0 Å². The van der Waals surface area contributed by atoms with Crippen molar-refractivity contribution in [3.63, 3.8) is 0 Å². The van der Waals surface area contributed by atoms with Crippen molar-refractivity contribution < 1.29 is 0 Å². The first-order valence-electron chi connectivity index (χ1n) is 7.14. The van der Waals surface area contributed by atoms with E-state index < -0.39 is 0 Å². The second kappa shape index (κ2) is 5.85. The molecule has 18 heavy (non-hydrogen) atoms. The number of benzene rings is 1. The molecule has 1 aliphatic heterocycles. The lowest BCUT2D eigenvalue weighted by molar-refractivity contribution is 0.124. The minimum Gasteiger partial charge on any atom is -0.326 e. The summed E-state index contributed by atoms with van der Waals surface area (Å²) in [4.78, 5) is 2.56. The highest BCUT2D eigenvalue weighted by molar-refractivity contribution is 5.25. The molecule has 100 valence electrons. The first-order chi connectivity index (χ1) is 8.58. The second-order valence-corrected chi connectivity index (χ2v) is 5.93. The van der Waals surface area contributed by atoms with Crippen molar-refractivity contribution in [3.8, 4) is 0 Å². The quantitative estimate of drug-likeness (QED) is 0.888. The summed E-state index contributed by atoms with van der Waals surface area (Å²) in [7, 11) is 0. The van der Waals surface area contributed by atoms with E-state index in [1.54, 1.807) is 0 Å². The van der Waals surface area contributed by atoms with Gasteiger partial charge in [-0.05, 0) is 51.3 Å². The predicted octanol–water partition coefficient (Wildman–Crippen LogP) is 3.12. The fourth-order valence-electron chi connectivity index (χ4n) is 2.92. The van der Waals surface area contributed by atoms with E-state index in [4.69, 9.17) is 5.73 Å². The molecule has 2 atom stereocenters. The van der Waals surface area contributed by atoms with Crippen LogP contribution in [0, 0.1) is 12.8 Å². The van der Waals surface area contributed by atoms with E-state index in [1.807, 2.05) is 0 Å². The monoisotopic (exact) mass is 246 g/mol. The lowest BCUT2D eigenvalue weighted by Gasteiger charge is -2.39. The van der Waals surface area contributed by atoms with Gasteiger partial charge in [-0.25, -0.2) is 0 Å². The molecule has 1 fully saturated rings. The zero-order valence-electron chi connectivity index (χ0n) is 11.9. The van der Waals surface area contributed by atoms with Gasteiger partial charge in [0.2, 0.25) is 0 Å². The predicted molar refractivity (Wildman–Crippen MR) is 77.5 cm³/mol. The Labute approximate surface area is 111 Å². The Morgan fingerprint density at radius 1 is 1.17 bits per heavy atom. The van der Waals surface area contributed by atoms with Crippen LogP contribution < -0.4 is 5.73 Å². The van der Waals surface area contributed by atoms with Crippen molar-refractivity contribution in [1.29, 1.82) is 0 Å². The van der Waals surface area contributed by atoms with Crippen molar-refractivity contribution in [2.75, 3.05) is 13.1 Å². The van der Waals surface area contributed by atoms with Crippen molar-refractivity contribution in [2.45, 2.75) is 45.7 Å². The van der Waals surface area contributed by atoms with Crippen LogP contribution in [0.15, 0.2) is 24.3 Å². The maximum atomic E-state index is 6.23. The maximum Gasteiger partial charge on any atom is 0.0496 e. The molecule has 1 aromatic rings. The van der Waals surface area contributed by atoms with E-state index >= 15 is 0 Å². The summed E-state index contributed by atoms with van der Waals surface area (Å²) in [6.45, 7) is 8.97. The number of piperidine rings is 1. The number of nitrogens with two attached hydrogens (primary N) is 1. The van der Waals surface area contributed by atoms with Crippen LogP contribution in [0.3, 0.4) is 0 Å². The number of hydrogen-bond acceptors (Lipinski definition) is 2. The highest BCUT2D eigenvalue weighted by Gasteiger charge is 2.26. The van der Waals surface area contributed by atoms with Gasteiger partial charge in [-0.15, -0.1) is 0 Å². The topological polar surface area (TPSA) is 29.3 Å². The lowest BCUT2D eigenvalue weighted by Crippen LogP contribution is -2.43. The van der Waals surface area contributed by atoms with Gasteiger partial charge in [0, 0.05) is 12.1 Å². The molecule has 2 N–H and O–H groups in total. The van der Waals surface area contributed by atoms with E-state index in [1.165, 1.54) is 37.1 Å². The van der Waals surface area contributed by atoms with Crippen LogP contribution in [-0.2, 0) is 0 Å². The SMILES string of the molecule is Cc1ccc(C(C(C)N)N2CCC(C)CC2)cc1. The third-order valence-electron chi connectivity index (χ3n) is 4.13.